The third-order valence-corrected chi connectivity index (χ3v) is 9.48. The summed E-state index contributed by atoms with van der Waals surface area (Å²) in [6.07, 6.45) is 31.9. The number of rotatable bonds is 28. The number of halogens is 1. The Kier molecular flexibility index (Phi) is 23.3. The molecular formula is C41H62BrNO2. The fourth-order valence-electron chi connectivity index (χ4n) is 5.69. The fraction of sp³-hybridized carbons (Fsp3) is 0.634. The van der Waals surface area contributed by atoms with Crippen molar-refractivity contribution < 1.29 is 9.47 Å². The van der Waals surface area contributed by atoms with Crippen molar-refractivity contribution in [3.05, 3.63) is 59.2 Å². The number of benzene rings is 2. The molecule has 0 spiro atoms. The van der Waals surface area contributed by atoms with Gasteiger partial charge in [-0.1, -0.05) is 175 Å². The molecule has 0 aliphatic carbocycles. The molecule has 1 unspecified atom stereocenters. The molecule has 250 valence electrons. The van der Waals surface area contributed by atoms with E-state index in [1.165, 1.54) is 116 Å². The Morgan fingerprint density at radius 2 is 1.16 bits per heavy atom. The van der Waals surface area contributed by atoms with Crippen LogP contribution in [0.4, 0.5) is 0 Å². The SMILES string of the molecule is CCCCCCCCCCCCCCCCCCOc1ccc(C=Cc2cccc(OCCCC(Br)CCCC)c2C#N)cc1. The molecule has 0 N–H and O–H groups in total. The lowest BCUT2D eigenvalue weighted by atomic mass is 10.0. The maximum Gasteiger partial charge on any atom is 0.137 e. The summed E-state index contributed by atoms with van der Waals surface area (Å²) in [6, 6.07) is 16.4. The van der Waals surface area contributed by atoms with Gasteiger partial charge in [-0.2, -0.15) is 5.26 Å². The summed E-state index contributed by atoms with van der Waals surface area (Å²) in [5.74, 6) is 1.58. The molecule has 0 saturated carbocycles. The Labute approximate surface area is 285 Å². The van der Waals surface area contributed by atoms with Gasteiger partial charge in [-0.25, -0.2) is 0 Å². The van der Waals surface area contributed by atoms with E-state index in [0.29, 0.717) is 22.7 Å². The maximum absolute atomic E-state index is 9.83. The third-order valence-electron chi connectivity index (χ3n) is 8.56. The van der Waals surface area contributed by atoms with Gasteiger partial charge in [0.2, 0.25) is 0 Å². The van der Waals surface area contributed by atoms with Gasteiger partial charge in [0.05, 0.1) is 13.2 Å². The summed E-state index contributed by atoms with van der Waals surface area (Å²) in [6.45, 7) is 5.91. The van der Waals surface area contributed by atoms with Gasteiger partial charge in [0.25, 0.3) is 0 Å². The van der Waals surface area contributed by atoms with E-state index in [-0.39, 0.29) is 0 Å². The first-order valence-corrected chi connectivity index (χ1v) is 19.3. The van der Waals surface area contributed by atoms with Gasteiger partial charge in [0.1, 0.15) is 23.1 Å². The van der Waals surface area contributed by atoms with Gasteiger partial charge in [0.15, 0.2) is 0 Å². The molecule has 1 atom stereocenters. The first kappa shape index (κ1) is 38.9. The van der Waals surface area contributed by atoms with E-state index in [4.69, 9.17) is 9.47 Å². The molecule has 3 nitrogen and oxygen atoms in total. The molecule has 2 rings (SSSR count). The highest BCUT2D eigenvalue weighted by atomic mass is 79.9. The lowest BCUT2D eigenvalue weighted by Gasteiger charge is -2.12. The van der Waals surface area contributed by atoms with Gasteiger partial charge >= 0.3 is 0 Å². The molecule has 0 saturated heterocycles. The summed E-state index contributed by atoms with van der Waals surface area (Å²) < 4.78 is 12.0. The van der Waals surface area contributed by atoms with Crippen molar-refractivity contribution in [2.75, 3.05) is 13.2 Å². The van der Waals surface area contributed by atoms with Crippen LogP contribution in [0.25, 0.3) is 12.2 Å². The summed E-state index contributed by atoms with van der Waals surface area (Å²) in [7, 11) is 0. The predicted octanol–water partition coefficient (Wildman–Crippen LogP) is 13.5. The molecular weight excluding hydrogens is 618 g/mol. The molecule has 0 aliphatic rings. The smallest absolute Gasteiger partial charge is 0.137 e. The zero-order valence-corrected chi connectivity index (χ0v) is 30.3. The van der Waals surface area contributed by atoms with Crippen LogP contribution in [0.2, 0.25) is 0 Å². The molecule has 0 fully saturated rings. The summed E-state index contributed by atoms with van der Waals surface area (Å²) >= 11 is 3.77. The van der Waals surface area contributed by atoms with Gasteiger partial charge in [-0.05, 0) is 55.0 Å². The monoisotopic (exact) mass is 679 g/mol. The van der Waals surface area contributed by atoms with E-state index >= 15 is 0 Å². The van der Waals surface area contributed by atoms with E-state index in [0.717, 1.165) is 42.7 Å². The van der Waals surface area contributed by atoms with Crippen LogP contribution in [0, 0.1) is 11.3 Å². The second-order valence-corrected chi connectivity index (χ2v) is 13.9. The topological polar surface area (TPSA) is 42.2 Å². The lowest BCUT2D eigenvalue weighted by Crippen LogP contribution is -2.04. The predicted molar refractivity (Wildman–Crippen MR) is 199 cm³/mol. The van der Waals surface area contributed by atoms with E-state index in [9.17, 15) is 5.26 Å². The Balaban J connectivity index is 1.57. The molecule has 45 heavy (non-hydrogen) atoms. The number of hydrogen-bond donors (Lipinski definition) is 0. The second-order valence-electron chi connectivity index (χ2n) is 12.6. The molecule has 0 aromatic heterocycles. The standard InChI is InChI=1S/C41H62BrNO2/c1-3-5-7-8-9-10-11-12-13-14-15-16-17-18-19-20-33-44-39-31-28-36(29-32-39)27-30-37-23-21-26-41(40(37)35-43)45-34-22-25-38(42)24-6-4-2/h21,23,26-32,38H,3-20,22,24-25,33-34H2,1-2H3. The van der Waals surface area contributed by atoms with Crippen LogP contribution in [-0.2, 0) is 0 Å². The van der Waals surface area contributed by atoms with Crippen molar-refractivity contribution in [1.82, 2.24) is 0 Å². The van der Waals surface area contributed by atoms with Crippen molar-refractivity contribution in [1.29, 1.82) is 5.26 Å². The number of alkyl halides is 1. The summed E-state index contributed by atoms with van der Waals surface area (Å²) in [4.78, 5) is 0.543. The average molecular weight is 681 g/mol. The van der Waals surface area contributed by atoms with Crippen LogP contribution in [0.3, 0.4) is 0 Å². The number of ether oxygens (including phenoxy) is 2. The van der Waals surface area contributed by atoms with Crippen molar-refractivity contribution in [2.24, 2.45) is 0 Å². The lowest BCUT2D eigenvalue weighted by molar-refractivity contribution is 0.304. The molecule has 4 heteroatoms. The first-order chi connectivity index (χ1) is 22.2. The number of unbranched alkanes of at least 4 members (excludes halogenated alkanes) is 16. The molecule has 2 aromatic carbocycles. The maximum atomic E-state index is 9.83. The Morgan fingerprint density at radius 1 is 0.622 bits per heavy atom. The van der Waals surface area contributed by atoms with Crippen LogP contribution in [0.5, 0.6) is 11.5 Å². The third kappa shape index (κ3) is 19.1. The van der Waals surface area contributed by atoms with Crippen molar-refractivity contribution in [2.45, 2.75) is 154 Å². The van der Waals surface area contributed by atoms with Crippen LogP contribution in [0.15, 0.2) is 42.5 Å². The highest BCUT2D eigenvalue weighted by molar-refractivity contribution is 9.09. The van der Waals surface area contributed by atoms with Crippen LogP contribution >= 0.6 is 15.9 Å². The zero-order chi connectivity index (χ0) is 32.2. The zero-order valence-electron chi connectivity index (χ0n) is 28.7. The summed E-state index contributed by atoms with van der Waals surface area (Å²) in [5.41, 5.74) is 2.55. The van der Waals surface area contributed by atoms with E-state index in [2.05, 4.69) is 48.0 Å². The van der Waals surface area contributed by atoms with Gasteiger partial charge in [-0.3, -0.25) is 0 Å². The normalized spacial score (nSPS) is 12.0. The molecule has 0 radical (unpaired) electrons. The quantitative estimate of drug-likeness (QED) is 0.0510. The minimum absolute atomic E-state index is 0.543. The Bertz CT molecular complexity index is 1060. The van der Waals surface area contributed by atoms with Gasteiger partial charge in [-0.15, -0.1) is 0 Å². The minimum Gasteiger partial charge on any atom is -0.494 e. The highest BCUT2D eigenvalue weighted by Gasteiger charge is 2.09. The Hall–Kier alpha value is -2.25. The van der Waals surface area contributed by atoms with Crippen LogP contribution in [0.1, 0.15) is 165 Å². The molecule has 0 aliphatic heterocycles. The van der Waals surface area contributed by atoms with E-state index in [1.54, 1.807) is 0 Å². The van der Waals surface area contributed by atoms with E-state index < -0.39 is 0 Å². The minimum atomic E-state index is 0.543. The van der Waals surface area contributed by atoms with Crippen molar-refractivity contribution >= 4 is 28.1 Å². The van der Waals surface area contributed by atoms with Crippen molar-refractivity contribution in [3.8, 4) is 17.6 Å². The molecule has 2 aromatic rings. The molecule has 0 heterocycles. The van der Waals surface area contributed by atoms with E-state index in [1.807, 2.05) is 42.5 Å². The highest BCUT2D eigenvalue weighted by Crippen LogP contribution is 2.25. The molecule has 0 bridgehead atoms. The number of nitriles is 1. The largest absolute Gasteiger partial charge is 0.494 e. The van der Waals surface area contributed by atoms with Crippen molar-refractivity contribution in [3.63, 3.8) is 0 Å². The van der Waals surface area contributed by atoms with Crippen LogP contribution < -0.4 is 9.47 Å². The first-order valence-electron chi connectivity index (χ1n) is 18.4. The number of hydrogen-bond acceptors (Lipinski definition) is 3. The summed E-state index contributed by atoms with van der Waals surface area (Å²) in [5, 5.41) is 9.83. The Morgan fingerprint density at radius 3 is 1.73 bits per heavy atom. The van der Waals surface area contributed by atoms with Gasteiger partial charge < -0.3 is 9.47 Å². The van der Waals surface area contributed by atoms with Gasteiger partial charge in [0, 0.05) is 4.83 Å². The van der Waals surface area contributed by atoms with Crippen LogP contribution in [-0.4, -0.2) is 18.0 Å². The fourth-order valence-corrected chi connectivity index (χ4v) is 6.33. The second kappa shape index (κ2) is 26.9. The average Bonchev–Trinajstić information content (AvgIpc) is 3.06. The molecule has 0 amide bonds. The number of nitrogens with zero attached hydrogens (tertiary/aromatic N) is 1.